The lowest BCUT2D eigenvalue weighted by atomic mass is 10.00. The highest BCUT2D eigenvalue weighted by atomic mass is 32.1. The SMILES string of the molecule is Cc1ccc(C(=O)N2CCCCC2C(=O)Nc2cccc(-c3nnc(C)s3)c2)cn1. The van der Waals surface area contributed by atoms with E-state index in [2.05, 4.69) is 20.5 Å². The van der Waals surface area contributed by atoms with E-state index in [-0.39, 0.29) is 11.8 Å². The maximum atomic E-state index is 13.1. The Hall–Kier alpha value is -3.13. The molecule has 1 fully saturated rings. The number of pyridine rings is 1. The van der Waals surface area contributed by atoms with Crippen molar-refractivity contribution in [3.05, 3.63) is 58.9 Å². The molecule has 30 heavy (non-hydrogen) atoms. The van der Waals surface area contributed by atoms with Crippen LogP contribution in [0.25, 0.3) is 10.6 Å². The fraction of sp³-hybridized carbons (Fsp3) is 0.318. The molecule has 1 N–H and O–H groups in total. The highest BCUT2D eigenvalue weighted by molar-refractivity contribution is 7.14. The smallest absolute Gasteiger partial charge is 0.256 e. The monoisotopic (exact) mass is 421 g/mol. The molecule has 1 aliphatic rings. The number of likely N-dealkylation sites (tertiary alicyclic amines) is 1. The van der Waals surface area contributed by atoms with Crippen molar-refractivity contribution in [1.82, 2.24) is 20.1 Å². The number of amides is 2. The standard InChI is InChI=1S/C22H23N5O2S/c1-14-9-10-17(13-23-14)22(29)27-11-4-3-8-19(27)20(28)24-18-7-5-6-16(12-18)21-26-25-15(2)30-21/h5-7,9-10,12-13,19H,3-4,8,11H2,1-2H3,(H,24,28). The molecule has 1 saturated heterocycles. The summed E-state index contributed by atoms with van der Waals surface area (Å²) in [5.41, 5.74) is 2.94. The van der Waals surface area contributed by atoms with Crippen molar-refractivity contribution >= 4 is 28.8 Å². The zero-order valence-electron chi connectivity index (χ0n) is 17.0. The Labute approximate surface area is 179 Å². The van der Waals surface area contributed by atoms with Crippen LogP contribution in [0.4, 0.5) is 5.69 Å². The number of hydrogen-bond donors (Lipinski definition) is 1. The fourth-order valence-electron chi connectivity index (χ4n) is 3.58. The number of benzene rings is 1. The quantitative estimate of drug-likeness (QED) is 0.691. The Bertz CT molecular complexity index is 1060. The van der Waals surface area contributed by atoms with E-state index in [1.807, 2.05) is 44.2 Å². The number of nitrogens with one attached hydrogen (secondary N) is 1. The van der Waals surface area contributed by atoms with Crippen molar-refractivity contribution < 1.29 is 9.59 Å². The molecular weight excluding hydrogens is 398 g/mol. The number of carbonyl (C=O) groups is 2. The summed E-state index contributed by atoms with van der Waals surface area (Å²) in [7, 11) is 0. The van der Waals surface area contributed by atoms with Crippen LogP contribution in [0.2, 0.25) is 0 Å². The lowest BCUT2D eigenvalue weighted by Crippen LogP contribution is -2.50. The molecule has 1 unspecified atom stereocenters. The van der Waals surface area contributed by atoms with E-state index in [1.54, 1.807) is 17.2 Å². The summed E-state index contributed by atoms with van der Waals surface area (Å²) >= 11 is 1.51. The van der Waals surface area contributed by atoms with Crippen molar-refractivity contribution in [1.29, 1.82) is 0 Å². The fourth-order valence-corrected chi connectivity index (χ4v) is 4.26. The molecule has 1 atom stereocenters. The highest BCUT2D eigenvalue weighted by Crippen LogP contribution is 2.26. The minimum absolute atomic E-state index is 0.152. The van der Waals surface area contributed by atoms with E-state index in [1.165, 1.54) is 11.3 Å². The number of piperidine rings is 1. The third-order valence-corrected chi connectivity index (χ3v) is 6.02. The average molecular weight is 422 g/mol. The largest absolute Gasteiger partial charge is 0.327 e. The van der Waals surface area contributed by atoms with Crippen LogP contribution in [-0.2, 0) is 4.79 Å². The van der Waals surface area contributed by atoms with Gasteiger partial charge in [-0.15, -0.1) is 10.2 Å². The van der Waals surface area contributed by atoms with Gasteiger partial charge in [0.05, 0.1) is 5.56 Å². The van der Waals surface area contributed by atoms with Gasteiger partial charge in [-0.2, -0.15) is 0 Å². The second-order valence-electron chi connectivity index (χ2n) is 7.39. The van der Waals surface area contributed by atoms with Crippen LogP contribution < -0.4 is 5.32 Å². The summed E-state index contributed by atoms with van der Waals surface area (Å²) in [6.07, 6.45) is 4.03. The van der Waals surface area contributed by atoms with Gasteiger partial charge < -0.3 is 10.2 Å². The Morgan fingerprint density at radius 3 is 2.73 bits per heavy atom. The number of hydrogen-bond acceptors (Lipinski definition) is 6. The highest BCUT2D eigenvalue weighted by Gasteiger charge is 2.32. The molecule has 3 aromatic rings. The molecule has 1 aliphatic heterocycles. The molecule has 1 aromatic carbocycles. The molecule has 8 heteroatoms. The maximum absolute atomic E-state index is 13.1. The lowest BCUT2D eigenvalue weighted by Gasteiger charge is -2.34. The first-order chi connectivity index (χ1) is 14.5. The van der Waals surface area contributed by atoms with Crippen molar-refractivity contribution in [3.8, 4) is 10.6 Å². The topological polar surface area (TPSA) is 88.1 Å². The average Bonchev–Trinajstić information content (AvgIpc) is 3.20. The molecular formula is C22H23N5O2S. The molecule has 4 rings (SSSR count). The first kappa shape index (κ1) is 20.2. The summed E-state index contributed by atoms with van der Waals surface area (Å²) in [6, 6.07) is 10.6. The summed E-state index contributed by atoms with van der Waals surface area (Å²) in [6.45, 7) is 4.35. The Morgan fingerprint density at radius 1 is 1.13 bits per heavy atom. The van der Waals surface area contributed by atoms with Gasteiger partial charge in [0.25, 0.3) is 5.91 Å². The predicted molar refractivity (Wildman–Crippen MR) is 116 cm³/mol. The molecule has 154 valence electrons. The number of carbonyl (C=O) groups excluding carboxylic acids is 2. The summed E-state index contributed by atoms with van der Waals surface area (Å²) in [5.74, 6) is -0.325. The zero-order valence-corrected chi connectivity index (χ0v) is 17.8. The van der Waals surface area contributed by atoms with Crippen molar-refractivity contribution in [3.63, 3.8) is 0 Å². The first-order valence-corrected chi connectivity index (χ1v) is 10.8. The van der Waals surface area contributed by atoms with Crippen LogP contribution in [0, 0.1) is 13.8 Å². The molecule has 0 aliphatic carbocycles. The van der Waals surface area contributed by atoms with Crippen LogP contribution in [0.15, 0.2) is 42.6 Å². The van der Waals surface area contributed by atoms with Gasteiger partial charge in [-0.1, -0.05) is 23.5 Å². The molecule has 2 aromatic heterocycles. The van der Waals surface area contributed by atoms with E-state index < -0.39 is 6.04 Å². The number of aromatic nitrogens is 3. The van der Waals surface area contributed by atoms with Crippen LogP contribution in [0.5, 0.6) is 0 Å². The summed E-state index contributed by atoms with van der Waals surface area (Å²) in [4.78, 5) is 32.0. The van der Waals surface area contributed by atoms with Gasteiger partial charge in [-0.25, -0.2) is 0 Å². The molecule has 0 bridgehead atoms. The van der Waals surface area contributed by atoms with Crippen molar-refractivity contribution in [2.45, 2.75) is 39.2 Å². The minimum atomic E-state index is -0.500. The van der Waals surface area contributed by atoms with E-state index in [0.29, 0.717) is 24.2 Å². The second-order valence-corrected chi connectivity index (χ2v) is 8.58. The van der Waals surface area contributed by atoms with Crippen molar-refractivity contribution in [2.75, 3.05) is 11.9 Å². The molecule has 2 amide bonds. The van der Waals surface area contributed by atoms with Gasteiger partial charge in [0, 0.05) is 29.7 Å². The maximum Gasteiger partial charge on any atom is 0.256 e. The number of nitrogens with zero attached hydrogens (tertiary/aromatic N) is 4. The minimum Gasteiger partial charge on any atom is -0.327 e. The number of anilines is 1. The molecule has 3 heterocycles. The van der Waals surface area contributed by atoms with Crippen molar-refractivity contribution in [2.24, 2.45) is 0 Å². The van der Waals surface area contributed by atoms with Gasteiger partial charge in [0.15, 0.2) is 0 Å². The lowest BCUT2D eigenvalue weighted by molar-refractivity contribution is -0.121. The Kier molecular flexibility index (Phi) is 5.85. The van der Waals surface area contributed by atoms with Crippen LogP contribution >= 0.6 is 11.3 Å². The third kappa shape index (κ3) is 4.38. The van der Waals surface area contributed by atoms with Gasteiger partial charge in [0.2, 0.25) is 5.91 Å². The second kappa shape index (κ2) is 8.71. The Morgan fingerprint density at radius 2 is 2.00 bits per heavy atom. The number of rotatable bonds is 4. The van der Waals surface area contributed by atoms with E-state index in [0.717, 1.165) is 34.1 Å². The summed E-state index contributed by atoms with van der Waals surface area (Å²) < 4.78 is 0. The predicted octanol–water partition coefficient (Wildman–Crippen LogP) is 3.85. The van der Waals surface area contributed by atoms with E-state index >= 15 is 0 Å². The van der Waals surface area contributed by atoms with Gasteiger partial charge in [0.1, 0.15) is 16.1 Å². The van der Waals surface area contributed by atoms with E-state index in [4.69, 9.17) is 0 Å². The molecule has 0 saturated carbocycles. The summed E-state index contributed by atoms with van der Waals surface area (Å²) in [5, 5.41) is 12.9. The van der Waals surface area contributed by atoms with Gasteiger partial charge >= 0.3 is 0 Å². The normalized spacial score (nSPS) is 16.3. The van der Waals surface area contributed by atoms with Gasteiger partial charge in [-0.3, -0.25) is 14.6 Å². The first-order valence-electron chi connectivity index (χ1n) is 9.96. The molecule has 7 nitrogen and oxygen atoms in total. The Balaban J connectivity index is 1.51. The molecule has 0 spiro atoms. The molecule has 0 radical (unpaired) electrons. The number of aryl methyl sites for hydroxylation is 2. The van der Waals surface area contributed by atoms with E-state index in [9.17, 15) is 9.59 Å². The van der Waals surface area contributed by atoms with Crippen LogP contribution in [0.1, 0.15) is 40.3 Å². The van der Waals surface area contributed by atoms with Gasteiger partial charge in [-0.05, 0) is 57.4 Å². The third-order valence-electron chi connectivity index (χ3n) is 5.13. The van der Waals surface area contributed by atoms with Crippen LogP contribution in [0.3, 0.4) is 0 Å². The zero-order chi connectivity index (χ0) is 21.1. The van der Waals surface area contributed by atoms with Crippen LogP contribution in [-0.4, -0.2) is 44.5 Å².